The lowest BCUT2D eigenvalue weighted by molar-refractivity contribution is -0.127. The van der Waals surface area contributed by atoms with Gasteiger partial charge in [-0.25, -0.2) is 0 Å². The van der Waals surface area contributed by atoms with Crippen LogP contribution in [0.1, 0.15) is 25.0 Å². The van der Waals surface area contributed by atoms with E-state index < -0.39 is 6.10 Å². The van der Waals surface area contributed by atoms with Gasteiger partial charge in [0.15, 0.2) is 6.10 Å². The van der Waals surface area contributed by atoms with Gasteiger partial charge in [-0.05, 0) is 25.5 Å². The highest BCUT2D eigenvalue weighted by Crippen LogP contribution is 2.36. The van der Waals surface area contributed by atoms with Crippen LogP contribution in [0.4, 0.5) is 5.69 Å². The maximum Gasteiger partial charge on any atom is 0.262 e. The van der Waals surface area contributed by atoms with Gasteiger partial charge in [0.25, 0.3) is 11.8 Å². The van der Waals surface area contributed by atoms with E-state index in [-0.39, 0.29) is 5.91 Å². The number of hydrogen-bond donors (Lipinski definition) is 1. The van der Waals surface area contributed by atoms with Crippen LogP contribution >= 0.6 is 0 Å². The van der Waals surface area contributed by atoms with Crippen molar-refractivity contribution in [3.05, 3.63) is 66.2 Å². The fourth-order valence-corrected chi connectivity index (χ4v) is 3.95. The first-order chi connectivity index (χ1) is 16.6. The summed E-state index contributed by atoms with van der Waals surface area (Å²) < 4.78 is 17.4. The summed E-state index contributed by atoms with van der Waals surface area (Å²) in [7, 11) is 0. The van der Waals surface area contributed by atoms with Crippen molar-refractivity contribution in [3.8, 4) is 28.5 Å². The molecule has 2 aromatic heterocycles. The minimum absolute atomic E-state index is 0.139. The number of aromatic nitrogens is 3. The lowest BCUT2D eigenvalue weighted by Crippen LogP contribution is -2.48. The Labute approximate surface area is 196 Å². The molecule has 9 nitrogen and oxygen atoms in total. The molecule has 0 aliphatic carbocycles. The number of anilines is 1. The van der Waals surface area contributed by atoms with Crippen LogP contribution in [0.5, 0.6) is 5.75 Å². The Morgan fingerprint density at radius 3 is 2.74 bits per heavy atom. The second-order valence-corrected chi connectivity index (χ2v) is 8.08. The molecule has 34 heavy (non-hydrogen) atoms. The second kappa shape index (κ2) is 9.38. The third kappa shape index (κ3) is 4.24. The predicted molar refractivity (Wildman–Crippen MR) is 125 cm³/mol. The molecule has 1 aliphatic rings. The monoisotopic (exact) mass is 459 g/mol. The number of carbonyl (C=O) groups excluding carboxylic acids is 1. The van der Waals surface area contributed by atoms with Crippen LogP contribution in [0.15, 0.2) is 63.5 Å². The van der Waals surface area contributed by atoms with Crippen LogP contribution in [0, 0.1) is 6.92 Å². The Balaban J connectivity index is 1.41. The number of carbonyl (C=O) groups is 1. The number of nitrogens with one attached hydrogen (secondary N) is 1. The molecule has 0 saturated carbocycles. The van der Waals surface area contributed by atoms with E-state index in [1.54, 1.807) is 0 Å². The van der Waals surface area contributed by atoms with Crippen molar-refractivity contribution in [3.63, 3.8) is 0 Å². The average molecular weight is 460 g/mol. The zero-order chi connectivity index (χ0) is 23.5. The number of rotatable bonds is 7. The number of aryl methyl sites for hydroxylation is 1. The number of benzene rings is 2. The van der Waals surface area contributed by atoms with Gasteiger partial charge in [0, 0.05) is 12.1 Å². The third-order valence-corrected chi connectivity index (χ3v) is 5.62. The maximum atomic E-state index is 12.6. The molecular formula is C25H25N5O4. The van der Waals surface area contributed by atoms with E-state index in [2.05, 4.69) is 20.7 Å². The van der Waals surface area contributed by atoms with E-state index in [9.17, 15) is 4.79 Å². The van der Waals surface area contributed by atoms with E-state index >= 15 is 0 Å². The second-order valence-electron chi connectivity index (χ2n) is 8.08. The molecule has 5 rings (SSSR count). The molecule has 0 bridgehead atoms. The molecule has 1 atom stereocenters. The Morgan fingerprint density at radius 1 is 1.12 bits per heavy atom. The van der Waals surface area contributed by atoms with E-state index in [4.69, 9.17) is 13.7 Å². The summed E-state index contributed by atoms with van der Waals surface area (Å²) in [5.74, 6) is 1.86. The minimum Gasteiger partial charge on any atom is -0.477 e. The van der Waals surface area contributed by atoms with Crippen molar-refractivity contribution in [2.75, 3.05) is 18.0 Å². The molecule has 1 N–H and O–H groups in total. The summed E-state index contributed by atoms with van der Waals surface area (Å²) in [5.41, 5.74) is 3.09. The zero-order valence-corrected chi connectivity index (χ0v) is 19.0. The van der Waals surface area contributed by atoms with Crippen molar-refractivity contribution >= 4 is 11.6 Å². The lowest BCUT2D eigenvalue weighted by atomic mass is 10.1. The summed E-state index contributed by atoms with van der Waals surface area (Å²) in [6.45, 7) is 5.13. The summed E-state index contributed by atoms with van der Waals surface area (Å²) in [6.07, 6.45) is 0.227. The van der Waals surface area contributed by atoms with E-state index in [1.165, 1.54) is 0 Å². The van der Waals surface area contributed by atoms with Gasteiger partial charge in [-0.1, -0.05) is 54.5 Å². The Bertz CT molecular complexity index is 1280. The number of nitrogens with zero attached hydrogens (tertiary/aromatic N) is 4. The standard InChI is InChI=1S/C25H25N5O4/c1-3-13-26-24(31)20-14-30(18-11-7-8-12-19(18)32-20)15-21-27-28-25(33-21)22-16(2)34-29-23(22)17-9-5-4-6-10-17/h4-12,20H,3,13-15H2,1-2H3,(H,26,31). The normalized spacial score (nSPS) is 15.0. The van der Waals surface area contributed by atoms with Gasteiger partial charge in [-0.3, -0.25) is 4.79 Å². The summed E-state index contributed by atoms with van der Waals surface area (Å²) in [5, 5.41) is 15.6. The van der Waals surface area contributed by atoms with Crippen molar-refractivity contribution in [1.29, 1.82) is 0 Å². The van der Waals surface area contributed by atoms with Crippen molar-refractivity contribution < 1.29 is 18.5 Å². The lowest BCUT2D eigenvalue weighted by Gasteiger charge is -2.34. The Hall–Kier alpha value is -4.14. The minimum atomic E-state index is -0.631. The first kappa shape index (κ1) is 21.7. The maximum absolute atomic E-state index is 12.6. The third-order valence-electron chi connectivity index (χ3n) is 5.62. The van der Waals surface area contributed by atoms with Gasteiger partial charge in [0.05, 0.1) is 18.8 Å². The molecule has 2 aromatic carbocycles. The van der Waals surface area contributed by atoms with E-state index in [1.807, 2.05) is 73.3 Å². The van der Waals surface area contributed by atoms with E-state index in [0.717, 1.165) is 17.7 Å². The van der Waals surface area contributed by atoms with Crippen LogP contribution in [0.25, 0.3) is 22.7 Å². The molecule has 0 saturated heterocycles. The number of amides is 1. The van der Waals surface area contributed by atoms with Gasteiger partial charge in [-0.2, -0.15) is 0 Å². The fourth-order valence-electron chi connectivity index (χ4n) is 3.95. The Morgan fingerprint density at radius 2 is 1.91 bits per heavy atom. The van der Waals surface area contributed by atoms with Crippen LogP contribution in [-0.4, -0.2) is 40.5 Å². The van der Waals surface area contributed by atoms with Crippen molar-refractivity contribution in [2.24, 2.45) is 0 Å². The molecule has 1 amide bonds. The number of fused-ring (bicyclic) bond motifs is 1. The van der Waals surface area contributed by atoms with E-state index in [0.29, 0.717) is 54.2 Å². The molecule has 3 heterocycles. The molecule has 0 spiro atoms. The smallest absolute Gasteiger partial charge is 0.262 e. The van der Waals surface area contributed by atoms with Crippen LogP contribution < -0.4 is 15.0 Å². The SMILES string of the molecule is CCCNC(=O)C1CN(Cc2nnc(-c3c(-c4ccccc4)noc3C)o2)c2ccccc2O1. The molecule has 174 valence electrons. The van der Waals surface area contributed by atoms with Gasteiger partial charge >= 0.3 is 0 Å². The highest BCUT2D eigenvalue weighted by molar-refractivity contribution is 5.83. The van der Waals surface area contributed by atoms with Gasteiger partial charge in [-0.15, -0.1) is 10.2 Å². The first-order valence-electron chi connectivity index (χ1n) is 11.3. The highest BCUT2D eigenvalue weighted by atomic mass is 16.5. The molecular weight excluding hydrogens is 434 g/mol. The average Bonchev–Trinajstić information content (AvgIpc) is 3.49. The van der Waals surface area contributed by atoms with Crippen LogP contribution in [0.3, 0.4) is 0 Å². The number of para-hydroxylation sites is 2. The molecule has 9 heteroatoms. The summed E-state index contributed by atoms with van der Waals surface area (Å²) in [6, 6.07) is 17.3. The summed E-state index contributed by atoms with van der Waals surface area (Å²) >= 11 is 0. The van der Waals surface area contributed by atoms with Gasteiger partial charge < -0.3 is 23.9 Å². The molecule has 1 unspecified atom stereocenters. The number of hydrogen-bond acceptors (Lipinski definition) is 8. The predicted octanol–water partition coefficient (Wildman–Crippen LogP) is 3.99. The quantitative estimate of drug-likeness (QED) is 0.442. The van der Waals surface area contributed by atoms with Crippen molar-refractivity contribution in [1.82, 2.24) is 20.7 Å². The molecule has 0 fully saturated rings. The molecule has 1 aliphatic heterocycles. The first-order valence-corrected chi connectivity index (χ1v) is 11.3. The highest BCUT2D eigenvalue weighted by Gasteiger charge is 2.31. The Kier molecular flexibility index (Phi) is 5.99. The van der Waals surface area contributed by atoms with Crippen molar-refractivity contribution in [2.45, 2.75) is 32.9 Å². The van der Waals surface area contributed by atoms with Crippen LogP contribution in [-0.2, 0) is 11.3 Å². The van der Waals surface area contributed by atoms with Gasteiger partial charge in [0.1, 0.15) is 22.8 Å². The number of ether oxygens (including phenoxy) is 1. The summed E-state index contributed by atoms with van der Waals surface area (Å²) in [4.78, 5) is 14.6. The zero-order valence-electron chi connectivity index (χ0n) is 19.0. The molecule has 4 aromatic rings. The fraction of sp³-hybridized carbons (Fsp3) is 0.280. The molecule has 0 radical (unpaired) electrons. The topological polar surface area (TPSA) is 107 Å². The van der Waals surface area contributed by atoms with Gasteiger partial charge in [0.2, 0.25) is 5.89 Å². The van der Waals surface area contributed by atoms with Crippen LogP contribution in [0.2, 0.25) is 0 Å². The largest absolute Gasteiger partial charge is 0.477 e.